The predicted octanol–water partition coefficient (Wildman–Crippen LogP) is 3.39. The van der Waals surface area contributed by atoms with Crippen LogP contribution >= 0.6 is 11.8 Å². The van der Waals surface area contributed by atoms with Crippen molar-refractivity contribution in [1.29, 1.82) is 0 Å². The first-order valence-electron chi connectivity index (χ1n) is 4.44. The third-order valence-electron chi connectivity index (χ3n) is 1.96. The predicted molar refractivity (Wildman–Crippen MR) is 57.3 cm³/mol. The van der Waals surface area contributed by atoms with E-state index in [1.807, 2.05) is 13.8 Å². The molecule has 1 rings (SSSR count). The van der Waals surface area contributed by atoms with Gasteiger partial charge in [-0.05, 0) is 24.5 Å². The van der Waals surface area contributed by atoms with Crippen molar-refractivity contribution in [3.63, 3.8) is 0 Å². The van der Waals surface area contributed by atoms with Gasteiger partial charge < -0.3 is 0 Å². The Morgan fingerprint density at radius 3 is 2.57 bits per heavy atom. The number of carbonyl (C=O) groups excluding carboxylic acids is 1. The molecule has 0 radical (unpaired) electrons. The summed E-state index contributed by atoms with van der Waals surface area (Å²) in [5.74, 6) is -0.256. The standard InChI is InChI=1S/C11H13FOS/c1-7(2)11(13)8-4-5-9(12)10(6-8)14-3/h4-7H,1-3H3. The number of benzene rings is 1. The minimum atomic E-state index is -0.266. The topological polar surface area (TPSA) is 17.1 Å². The zero-order valence-corrected chi connectivity index (χ0v) is 9.32. The second kappa shape index (κ2) is 4.60. The van der Waals surface area contributed by atoms with Crippen LogP contribution in [0, 0.1) is 11.7 Å². The molecular formula is C11H13FOS. The van der Waals surface area contributed by atoms with E-state index in [0.29, 0.717) is 10.5 Å². The van der Waals surface area contributed by atoms with Crippen LogP contribution in [-0.4, -0.2) is 12.0 Å². The van der Waals surface area contributed by atoms with Crippen LogP contribution in [0.25, 0.3) is 0 Å². The number of hydrogen-bond acceptors (Lipinski definition) is 2. The van der Waals surface area contributed by atoms with Crippen molar-refractivity contribution in [2.45, 2.75) is 18.7 Å². The second-order valence-corrected chi connectivity index (χ2v) is 4.22. The van der Waals surface area contributed by atoms with Gasteiger partial charge in [0.2, 0.25) is 0 Å². The Balaban J connectivity index is 3.06. The lowest BCUT2D eigenvalue weighted by Crippen LogP contribution is -2.07. The maximum Gasteiger partial charge on any atom is 0.165 e. The Labute approximate surface area is 87.7 Å². The Hall–Kier alpha value is -0.830. The summed E-state index contributed by atoms with van der Waals surface area (Å²) in [6.45, 7) is 3.68. The Morgan fingerprint density at radius 1 is 1.43 bits per heavy atom. The molecule has 0 aromatic heterocycles. The fourth-order valence-corrected chi connectivity index (χ4v) is 1.65. The molecule has 0 spiro atoms. The van der Waals surface area contributed by atoms with E-state index in [9.17, 15) is 9.18 Å². The van der Waals surface area contributed by atoms with Crippen molar-refractivity contribution >= 4 is 17.5 Å². The molecule has 0 fully saturated rings. The van der Waals surface area contributed by atoms with E-state index >= 15 is 0 Å². The van der Waals surface area contributed by atoms with Crippen molar-refractivity contribution in [2.24, 2.45) is 5.92 Å². The lowest BCUT2D eigenvalue weighted by Gasteiger charge is -2.06. The molecule has 0 saturated carbocycles. The number of rotatable bonds is 3. The van der Waals surface area contributed by atoms with E-state index in [4.69, 9.17) is 0 Å². The zero-order valence-electron chi connectivity index (χ0n) is 8.50. The molecule has 0 heterocycles. The maximum absolute atomic E-state index is 13.1. The van der Waals surface area contributed by atoms with Gasteiger partial charge >= 0.3 is 0 Å². The Kier molecular flexibility index (Phi) is 3.69. The molecule has 0 N–H and O–H groups in total. The van der Waals surface area contributed by atoms with Gasteiger partial charge in [-0.25, -0.2) is 4.39 Å². The minimum Gasteiger partial charge on any atom is -0.294 e. The number of Topliss-reactive ketones (excluding diaryl/α,β-unsaturated/α-hetero) is 1. The summed E-state index contributed by atoms with van der Waals surface area (Å²) in [6, 6.07) is 4.50. The maximum atomic E-state index is 13.1. The third kappa shape index (κ3) is 2.35. The first kappa shape index (κ1) is 11.2. The second-order valence-electron chi connectivity index (χ2n) is 3.37. The van der Waals surface area contributed by atoms with E-state index in [-0.39, 0.29) is 17.5 Å². The van der Waals surface area contributed by atoms with Gasteiger partial charge in [0.25, 0.3) is 0 Å². The molecule has 1 nitrogen and oxygen atoms in total. The van der Waals surface area contributed by atoms with Gasteiger partial charge in [-0.3, -0.25) is 4.79 Å². The van der Waals surface area contributed by atoms with Crippen molar-refractivity contribution < 1.29 is 9.18 Å². The lowest BCUT2D eigenvalue weighted by molar-refractivity contribution is 0.0939. The molecule has 1 aromatic rings. The molecule has 0 bridgehead atoms. The van der Waals surface area contributed by atoms with Crippen LogP contribution in [0.1, 0.15) is 24.2 Å². The van der Waals surface area contributed by atoms with Gasteiger partial charge in [0, 0.05) is 16.4 Å². The average molecular weight is 212 g/mol. The van der Waals surface area contributed by atoms with Gasteiger partial charge in [-0.15, -0.1) is 11.8 Å². The van der Waals surface area contributed by atoms with Gasteiger partial charge in [0.05, 0.1) is 0 Å². The summed E-state index contributed by atoms with van der Waals surface area (Å²) < 4.78 is 13.1. The molecule has 0 atom stereocenters. The fourth-order valence-electron chi connectivity index (χ4n) is 1.15. The lowest BCUT2D eigenvalue weighted by atomic mass is 10.0. The van der Waals surface area contributed by atoms with E-state index in [0.717, 1.165) is 0 Å². The summed E-state index contributed by atoms with van der Waals surface area (Å²) in [5, 5.41) is 0. The van der Waals surface area contributed by atoms with Crippen molar-refractivity contribution in [3.8, 4) is 0 Å². The minimum absolute atomic E-state index is 0.0461. The van der Waals surface area contributed by atoms with Crippen LogP contribution in [0.4, 0.5) is 4.39 Å². The molecule has 76 valence electrons. The molecule has 0 aliphatic carbocycles. The molecule has 0 saturated heterocycles. The van der Waals surface area contributed by atoms with Crippen LogP contribution in [0.2, 0.25) is 0 Å². The number of carbonyl (C=O) groups is 1. The van der Waals surface area contributed by atoms with Crippen molar-refractivity contribution in [2.75, 3.05) is 6.26 Å². The quantitative estimate of drug-likeness (QED) is 0.564. The molecule has 0 unspecified atom stereocenters. The van der Waals surface area contributed by atoms with E-state index in [2.05, 4.69) is 0 Å². The molecule has 0 aliphatic heterocycles. The number of hydrogen-bond donors (Lipinski definition) is 0. The summed E-state index contributed by atoms with van der Waals surface area (Å²) in [6.07, 6.45) is 1.79. The summed E-state index contributed by atoms with van der Waals surface area (Å²) >= 11 is 1.31. The highest BCUT2D eigenvalue weighted by atomic mass is 32.2. The van der Waals surface area contributed by atoms with Crippen molar-refractivity contribution in [3.05, 3.63) is 29.6 Å². The van der Waals surface area contributed by atoms with E-state index in [1.54, 1.807) is 12.3 Å². The van der Waals surface area contributed by atoms with Crippen LogP contribution in [0.3, 0.4) is 0 Å². The SMILES string of the molecule is CSc1cc(C(=O)C(C)C)ccc1F. The van der Waals surface area contributed by atoms with Crippen molar-refractivity contribution in [1.82, 2.24) is 0 Å². The monoisotopic (exact) mass is 212 g/mol. The van der Waals surface area contributed by atoms with Crippen LogP contribution < -0.4 is 0 Å². The van der Waals surface area contributed by atoms with Gasteiger partial charge in [0.1, 0.15) is 5.82 Å². The highest BCUT2D eigenvalue weighted by Gasteiger charge is 2.12. The summed E-state index contributed by atoms with van der Waals surface area (Å²) in [5.41, 5.74) is 0.589. The first-order valence-corrected chi connectivity index (χ1v) is 5.66. The highest BCUT2D eigenvalue weighted by molar-refractivity contribution is 7.98. The van der Waals surface area contributed by atoms with Crippen LogP contribution in [0.15, 0.2) is 23.1 Å². The fraction of sp³-hybridized carbons (Fsp3) is 0.364. The van der Waals surface area contributed by atoms with Crippen LogP contribution in [0.5, 0.6) is 0 Å². The molecule has 1 aromatic carbocycles. The molecule has 0 aliphatic rings. The Morgan fingerprint density at radius 2 is 2.07 bits per heavy atom. The molecular weight excluding hydrogens is 199 g/mol. The number of thioether (sulfide) groups is 1. The third-order valence-corrected chi connectivity index (χ3v) is 2.71. The largest absolute Gasteiger partial charge is 0.294 e. The smallest absolute Gasteiger partial charge is 0.165 e. The highest BCUT2D eigenvalue weighted by Crippen LogP contribution is 2.21. The normalized spacial score (nSPS) is 10.6. The van der Waals surface area contributed by atoms with E-state index in [1.165, 1.54) is 23.9 Å². The first-order chi connectivity index (χ1) is 6.56. The van der Waals surface area contributed by atoms with Gasteiger partial charge in [-0.1, -0.05) is 13.8 Å². The van der Waals surface area contributed by atoms with Gasteiger partial charge in [0.15, 0.2) is 5.78 Å². The number of halogens is 1. The number of ketones is 1. The van der Waals surface area contributed by atoms with E-state index < -0.39 is 0 Å². The van der Waals surface area contributed by atoms with Gasteiger partial charge in [-0.2, -0.15) is 0 Å². The zero-order chi connectivity index (χ0) is 10.7. The van der Waals surface area contributed by atoms with Crippen LogP contribution in [-0.2, 0) is 0 Å². The summed E-state index contributed by atoms with van der Waals surface area (Å²) in [4.78, 5) is 12.1. The molecule has 3 heteroatoms. The average Bonchev–Trinajstić information content (AvgIpc) is 2.17. The molecule has 0 amide bonds. The molecule has 14 heavy (non-hydrogen) atoms. The summed E-state index contributed by atoms with van der Waals surface area (Å²) in [7, 11) is 0. The Bertz CT molecular complexity index is 347.